The number of carboxylic acids is 1. The Balaban J connectivity index is 1.83. The highest BCUT2D eigenvalue weighted by atomic mass is 16.4. The highest BCUT2D eigenvalue weighted by Gasteiger charge is 2.48. The molecule has 1 aliphatic heterocycles. The van der Waals surface area contributed by atoms with Crippen LogP contribution in [0.4, 0.5) is 4.79 Å². The number of urea groups is 1. The van der Waals surface area contributed by atoms with Gasteiger partial charge in [-0.2, -0.15) is 0 Å². The maximum atomic E-state index is 12.2. The van der Waals surface area contributed by atoms with Crippen molar-refractivity contribution in [2.24, 2.45) is 0 Å². The maximum absolute atomic E-state index is 12.2. The molecule has 2 heterocycles. The van der Waals surface area contributed by atoms with Crippen LogP contribution in [0, 0.1) is 0 Å². The first kappa shape index (κ1) is 15.3. The van der Waals surface area contributed by atoms with Gasteiger partial charge in [-0.25, -0.2) is 9.59 Å². The first-order valence-corrected chi connectivity index (χ1v) is 7.23. The quantitative estimate of drug-likeness (QED) is 0.753. The fourth-order valence-corrected chi connectivity index (χ4v) is 2.80. The van der Waals surface area contributed by atoms with E-state index in [1.54, 1.807) is 17.1 Å². The zero-order valence-corrected chi connectivity index (χ0v) is 12.2. The van der Waals surface area contributed by atoms with Gasteiger partial charge in [-0.15, -0.1) is 5.10 Å². The van der Waals surface area contributed by atoms with Gasteiger partial charge >= 0.3 is 12.0 Å². The number of carbonyl (C=O) groups excluding carboxylic acids is 1. The van der Waals surface area contributed by atoms with E-state index >= 15 is 0 Å². The maximum Gasteiger partial charge on any atom is 0.329 e. The van der Waals surface area contributed by atoms with Gasteiger partial charge in [0.15, 0.2) is 0 Å². The molecule has 8 nitrogen and oxygen atoms in total. The number of aliphatic carboxylic acids is 1. The van der Waals surface area contributed by atoms with Crippen LogP contribution < -0.4 is 5.32 Å². The van der Waals surface area contributed by atoms with E-state index < -0.39 is 11.5 Å². The molecule has 0 bridgehead atoms. The third-order valence-electron chi connectivity index (χ3n) is 4.03. The Bertz CT molecular complexity index is 490. The molecule has 1 aromatic rings. The minimum atomic E-state index is -1.05. The second kappa shape index (κ2) is 6.55. The van der Waals surface area contributed by atoms with Crippen molar-refractivity contribution < 1.29 is 14.7 Å². The summed E-state index contributed by atoms with van der Waals surface area (Å²) in [4.78, 5) is 25.2. The number of likely N-dealkylation sites (tertiary alicyclic amines) is 1. The summed E-state index contributed by atoms with van der Waals surface area (Å²) in [6.45, 7) is 3.45. The smallest absolute Gasteiger partial charge is 0.329 e. The molecule has 1 fully saturated rings. The fourth-order valence-electron chi connectivity index (χ4n) is 2.80. The van der Waals surface area contributed by atoms with Crippen LogP contribution in [-0.2, 0) is 11.3 Å². The second-order valence-corrected chi connectivity index (χ2v) is 5.20. The zero-order valence-electron chi connectivity index (χ0n) is 12.2. The third-order valence-corrected chi connectivity index (χ3v) is 4.03. The number of hydrogen-bond acceptors (Lipinski definition) is 4. The summed E-state index contributed by atoms with van der Waals surface area (Å²) in [6, 6.07) is -0.296. The van der Waals surface area contributed by atoms with Crippen LogP contribution in [0.3, 0.4) is 0 Å². The van der Waals surface area contributed by atoms with Crippen LogP contribution in [0.1, 0.15) is 32.6 Å². The van der Waals surface area contributed by atoms with E-state index in [0.29, 0.717) is 32.5 Å². The minimum absolute atomic E-state index is 0.296. The van der Waals surface area contributed by atoms with Crippen molar-refractivity contribution in [3.63, 3.8) is 0 Å². The fraction of sp³-hybridized carbons (Fsp3) is 0.692. The summed E-state index contributed by atoms with van der Waals surface area (Å²) in [7, 11) is 0. The van der Waals surface area contributed by atoms with E-state index in [0.717, 1.165) is 12.8 Å². The van der Waals surface area contributed by atoms with E-state index in [2.05, 4.69) is 15.6 Å². The van der Waals surface area contributed by atoms with Gasteiger partial charge in [-0.3, -0.25) is 4.68 Å². The predicted octanol–water partition coefficient (Wildman–Crippen LogP) is 0.707. The second-order valence-electron chi connectivity index (χ2n) is 5.20. The number of aryl methyl sites for hydroxylation is 1. The summed E-state index contributed by atoms with van der Waals surface area (Å²) < 4.78 is 1.69. The number of amides is 2. The third kappa shape index (κ3) is 3.14. The monoisotopic (exact) mass is 295 g/mol. The lowest BCUT2D eigenvalue weighted by Gasteiger charge is -2.33. The minimum Gasteiger partial charge on any atom is -0.479 e. The Kier molecular flexibility index (Phi) is 4.77. The SMILES string of the molecule is CCC1(C(=O)O)CCCN1C(=O)NCCCn1ccnn1. The lowest BCUT2D eigenvalue weighted by molar-refractivity contribution is -0.148. The van der Waals surface area contributed by atoms with Crippen molar-refractivity contribution in [1.29, 1.82) is 0 Å². The zero-order chi connectivity index (χ0) is 15.3. The molecule has 1 unspecified atom stereocenters. The summed E-state index contributed by atoms with van der Waals surface area (Å²) in [5.74, 6) is -0.916. The highest BCUT2D eigenvalue weighted by Crippen LogP contribution is 2.32. The number of carbonyl (C=O) groups is 2. The van der Waals surface area contributed by atoms with Crippen molar-refractivity contribution >= 4 is 12.0 Å². The molecule has 21 heavy (non-hydrogen) atoms. The molecule has 0 radical (unpaired) electrons. The molecule has 0 spiro atoms. The molecule has 8 heteroatoms. The summed E-state index contributed by atoms with van der Waals surface area (Å²) >= 11 is 0. The molecule has 116 valence electrons. The van der Waals surface area contributed by atoms with Crippen molar-refractivity contribution in [3.05, 3.63) is 12.4 Å². The molecule has 0 saturated carbocycles. The average molecular weight is 295 g/mol. The number of rotatable bonds is 6. The molecular formula is C13H21N5O3. The van der Waals surface area contributed by atoms with E-state index in [4.69, 9.17) is 0 Å². The Morgan fingerprint density at radius 2 is 2.29 bits per heavy atom. The van der Waals surface area contributed by atoms with Crippen LogP contribution in [-0.4, -0.2) is 55.6 Å². The van der Waals surface area contributed by atoms with Gasteiger partial charge in [0.05, 0.1) is 6.20 Å². The van der Waals surface area contributed by atoms with E-state index in [9.17, 15) is 14.7 Å². The number of aromatic nitrogens is 3. The molecule has 0 aromatic carbocycles. The van der Waals surface area contributed by atoms with E-state index in [1.165, 1.54) is 4.90 Å². The molecule has 0 aliphatic carbocycles. The molecule has 1 aliphatic rings. The van der Waals surface area contributed by atoms with Crippen molar-refractivity contribution in [3.8, 4) is 0 Å². The Morgan fingerprint density at radius 1 is 1.48 bits per heavy atom. The normalized spacial score (nSPS) is 21.5. The number of carboxylic acid groups (broad SMARTS) is 1. The molecule has 2 N–H and O–H groups in total. The van der Waals surface area contributed by atoms with Crippen molar-refractivity contribution in [1.82, 2.24) is 25.2 Å². The Morgan fingerprint density at radius 3 is 2.90 bits per heavy atom. The number of hydrogen-bond donors (Lipinski definition) is 2. The molecule has 1 atom stereocenters. The van der Waals surface area contributed by atoms with E-state index in [-0.39, 0.29) is 6.03 Å². The Labute approximate surface area is 123 Å². The van der Waals surface area contributed by atoms with Gasteiger partial charge in [-0.05, 0) is 25.7 Å². The molecule has 1 aromatic heterocycles. The molecule has 1 saturated heterocycles. The average Bonchev–Trinajstić information content (AvgIpc) is 3.12. The van der Waals surface area contributed by atoms with Gasteiger partial charge in [0.2, 0.25) is 0 Å². The van der Waals surface area contributed by atoms with Gasteiger partial charge in [0.25, 0.3) is 0 Å². The number of nitrogens with zero attached hydrogens (tertiary/aromatic N) is 4. The van der Waals surface area contributed by atoms with Crippen LogP contribution >= 0.6 is 0 Å². The van der Waals surface area contributed by atoms with Crippen molar-refractivity contribution in [2.75, 3.05) is 13.1 Å². The lowest BCUT2D eigenvalue weighted by Crippen LogP contribution is -2.55. The van der Waals surface area contributed by atoms with Crippen LogP contribution in [0.5, 0.6) is 0 Å². The molecule has 2 rings (SSSR count). The van der Waals surface area contributed by atoms with Crippen LogP contribution in [0.15, 0.2) is 12.4 Å². The molecule has 2 amide bonds. The largest absolute Gasteiger partial charge is 0.479 e. The van der Waals surface area contributed by atoms with Gasteiger partial charge in [0, 0.05) is 25.8 Å². The highest BCUT2D eigenvalue weighted by molar-refractivity contribution is 5.87. The number of nitrogens with one attached hydrogen (secondary N) is 1. The van der Waals surface area contributed by atoms with Crippen molar-refractivity contribution in [2.45, 2.75) is 44.7 Å². The predicted molar refractivity (Wildman–Crippen MR) is 74.6 cm³/mol. The van der Waals surface area contributed by atoms with E-state index in [1.807, 2.05) is 6.92 Å². The first-order chi connectivity index (χ1) is 10.1. The lowest BCUT2D eigenvalue weighted by atomic mass is 9.93. The van der Waals surface area contributed by atoms with Gasteiger partial charge in [0.1, 0.15) is 5.54 Å². The van der Waals surface area contributed by atoms with Crippen LogP contribution in [0.2, 0.25) is 0 Å². The standard InChI is InChI=1S/C13H21N5O3/c1-2-13(11(19)20)5-3-9-18(13)12(21)14-6-4-8-17-10-7-15-16-17/h7,10H,2-6,8-9H2,1H3,(H,14,21)(H,19,20). The summed E-state index contributed by atoms with van der Waals surface area (Å²) in [5.41, 5.74) is -1.05. The van der Waals surface area contributed by atoms with Gasteiger partial charge < -0.3 is 15.3 Å². The topological polar surface area (TPSA) is 100 Å². The Hall–Kier alpha value is -2.12. The van der Waals surface area contributed by atoms with Crippen LogP contribution in [0.25, 0.3) is 0 Å². The first-order valence-electron chi connectivity index (χ1n) is 7.23. The van der Waals surface area contributed by atoms with Gasteiger partial charge in [-0.1, -0.05) is 12.1 Å². The summed E-state index contributed by atoms with van der Waals surface area (Å²) in [6.07, 6.45) is 5.75. The summed E-state index contributed by atoms with van der Waals surface area (Å²) in [5, 5.41) is 19.8. The molecular weight excluding hydrogens is 274 g/mol.